The Balaban J connectivity index is 1.74. The number of pyridine rings is 1. The smallest absolute Gasteiger partial charge is 0.241 e. The molecule has 31 heavy (non-hydrogen) atoms. The number of ether oxygens (including phenoxy) is 1. The zero-order chi connectivity index (χ0) is 21.8. The second-order valence-electron chi connectivity index (χ2n) is 7.00. The molecule has 8 heteroatoms. The molecular formula is C23H22N4O3S. The van der Waals surface area contributed by atoms with Crippen molar-refractivity contribution in [3.05, 3.63) is 78.1 Å². The summed E-state index contributed by atoms with van der Waals surface area (Å²) in [6.45, 7) is 4.30. The Morgan fingerprint density at radius 1 is 1.00 bits per heavy atom. The van der Waals surface area contributed by atoms with E-state index in [1.165, 1.54) is 0 Å². The van der Waals surface area contributed by atoms with Crippen LogP contribution in [0.1, 0.15) is 18.1 Å². The summed E-state index contributed by atoms with van der Waals surface area (Å²) in [5.74, 6) is 0.458. The van der Waals surface area contributed by atoms with Gasteiger partial charge in [0.05, 0.1) is 11.5 Å². The van der Waals surface area contributed by atoms with Crippen molar-refractivity contribution >= 4 is 20.8 Å². The second kappa shape index (κ2) is 8.79. The molecule has 0 unspecified atom stereocenters. The Hall–Kier alpha value is -3.36. The first-order valence-electron chi connectivity index (χ1n) is 9.87. The minimum absolute atomic E-state index is 0.158. The van der Waals surface area contributed by atoms with E-state index < -0.39 is 10.0 Å². The molecule has 0 aliphatic carbocycles. The van der Waals surface area contributed by atoms with Crippen LogP contribution in [0.25, 0.3) is 22.0 Å². The molecule has 4 aromatic rings. The highest BCUT2D eigenvalue weighted by Gasteiger charge is 2.19. The number of aryl methyl sites for hydroxylation is 1. The number of benzene rings is 2. The SMILES string of the molecule is CCOc1nnc(-c2ccc(C)c(S(=O)(=O)NCc3cccnc3)c2)c2ccccc12. The van der Waals surface area contributed by atoms with Crippen LogP contribution in [0.3, 0.4) is 0 Å². The number of sulfonamides is 1. The Labute approximate surface area is 181 Å². The Morgan fingerprint density at radius 3 is 2.55 bits per heavy atom. The van der Waals surface area contributed by atoms with Crippen molar-refractivity contribution in [1.82, 2.24) is 19.9 Å². The molecule has 0 amide bonds. The first-order chi connectivity index (χ1) is 15.0. The van der Waals surface area contributed by atoms with Crippen LogP contribution in [0.15, 0.2) is 71.9 Å². The van der Waals surface area contributed by atoms with Gasteiger partial charge >= 0.3 is 0 Å². The van der Waals surface area contributed by atoms with E-state index in [0.29, 0.717) is 29.3 Å². The zero-order valence-electron chi connectivity index (χ0n) is 17.2. The van der Waals surface area contributed by atoms with Crippen LogP contribution in [-0.4, -0.2) is 30.2 Å². The summed E-state index contributed by atoms with van der Waals surface area (Å²) in [4.78, 5) is 4.22. The Kier molecular flexibility index (Phi) is 5.92. The van der Waals surface area contributed by atoms with Crippen molar-refractivity contribution in [2.75, 3.05) is 6.61 Å². The molecule has 0 bridgehead atoms. The van der Waals surface area contributed by atoms with Gasteiger partial charge in [0.1, 0.15) is 5.69 Å². The van der Waals surface area contributed by atoms with Gasteiger partial charge in [0.15, 0.2) is 0 Å². The lowest BCUT2D eigenvalue weighted by atomic mass is 10.0. The molecule has 0 aliphatic rings. The lowest BCUT2D eigenvalue weighted by Crippen LogP contribution is -2.24. The highest BCUT2D eigenvalue weighted by atomic mass is 32.2. The molecule has 1 N–H and O–H groups in total. The van der Waals surface area contributed by atoms with Crippen LogP contribution >= 0.6 is 0 Å². The Bertz CT molecular complexity index is 1330. The standard InChI is InChI=1S/C23H22N4O3S/c1-3-30-23-20-9-5-4-8-19(20)22(26-27-23)18-11-10-16(2)21(13-18)31(28,29)25-15-17-7-6-12-24-14-17/h4-14,25H,3,15H2,1-2H3. The number of rotatable bonds is 7. The molecule has 0 fully saturated rings. The number of aromatic nitrogens is 3. The van der Waals surface area contributed by atoms with E-state index in [1.807, 2.05) is 43.3 Å². The monoisotopic (exact) mass is 434 g/mol. The Morgan fingerprint density at radius 2 is 1.81 bits per heavy atom. The van der Waals surface area contributed by atoms with Crippen LogP contribution in [0.2, 0.25) is 0 Å². The minimum Gasteiger partial charge on any atom is -0.476 e. The molecule has 0 atom stereocenters. The fourth-order valence-electron chi connectivity index (χ4n) is 3.33. The highest BCUT2D eigenvalue weighted by Crippen LogP contribution is 2.32. The molecule has 2 aromatic heterocycles. The quantitative estimate of drug-likeness (QED) is 0.474. The maximum atomic E-state index is 13.0. The normalized spacial score (nSPS) is 11.5. The summed E-state index contributed by atoms with van der Waals surface area (Å²) in [6.07, 6.45) is 3.28. The van der Waals surface area contributed by atoms with Crippen LogP contribution in [0.5, 0.6) is 5.88 Å². The first-order valence-corrected chi connectivity index (χ1v) is 11.4. The van der Waals surface area contributed by atoms with Crippen molar-refractivity contribution in [2.24, 2.45) is 0 Å². The van der Waals surface area contributed by atoms with Gasteiger partial charge in [0.25, 0.3) is 0 Å². The van der Waals surface area contributed by atoms with Crippen LogP contribution in [-0.2, 0) is 16.6 Å². The topological polar surface area (TPSA) is 94.1 Å². The van der Waals surface area contributed by atoms with Gasteiger partial charge in [-0.2, -0.15) is 0 Å². The third-order valence-electron chi connectivity index (χ3n) is 4.87. The molecule has 0 saturated heterocycles. The highest BCUT2D eigenvalue weighted by molar-refractivity contribution is 7.89. The van der Waals surface area contributed by atoms with Crippen LogP contribution < -0.4 is 9.46 Å². The average molecular weight is 435 g/mol. The summed E-state index contributed by atoms with van der Waals surface area (Å²) in [6, 6.07) is 16.5. The van der Waals surface area contributed by atoms with Crippen molar-refractivity contribution < 1.29 is 13.2 Å². The van der Waals surface area contributed by atoms with Gasteiger partial charge in [0.2, 0.25) is 15.9 Å². The summed E-state index contributed by atoms with van der Waals surface area (Å²) in [5.41, 5.74) is 2.69. The summed E-state index contributed by atoms with van der Waals surface area (Å²) < 4.78 is 34.3. The van der Waals surface area contributed by atoms with Gasteiger partial charge in [-0.25, -0.2) is 13.1 Å². The lowest BCUT2D eigenvalue weighted by molar-refractivity contribution is 0.327. The molecule has 0 spiro atoms. The maximum absolute atomic E-state index is 13.0. The average Bonchev–Trinajstić information content (AvgIpc) is 2.79. The van der Waals surface area contributed by atoms with Gasteiger partial charge in [-0.15, -0.1) is 10.2 Å². The minimum atomic E-state index is -3.74. The number of hydrogen-bond donors (Lipinski definition) is 1. The van der Waals surface area contributed by atoms with E-state index in [1.54, 1.807) is 37.5 Å². The van der Waals surface area contributed by atoms with Crippen LogP contribution in [0, 0.1) is 6.92 Å². The molecule has 7 nitrogen and oxygen atoms in total. The zero-order valence-corrected chi connectivity index (χ0v) is 18.1. The summed E-state index contributed by atoms with van der Waals surface area (Å²) in [7, 11) is -3.74. The maximum Gasteiger partial charge on any atom is 0.241 e. The van der Waals surface area contributed by atoms with Crippen molar-refractivity contribution in [2.45, 2.75) is 25.3 Å². The van der Waals surface area contributed by atoms with Crippen LogP contribution in [0.4, 0.5) is 0 Å². The van der Waals surface area contributed by atoms with Gasteiger partial charge in [-0.1, -0.05) is 36.4 Å². The molecule has 158 valence electrons. The third kappa shape index (κ3) is 4.40. The molecule has 2 heterocycles. The van der Waals surface area contributed by atoms with E-state index >= 15 is 0 Å². The molecular weight excluding hydrogens is 412 g/mol. The van der Waals surface area contributed by atoms with E-state index in [-0.39, 0.29) is 11.4 Å². The van der Waals surface area contributed by atoms with E-state index in [2.05, 4.69) is 19.9 Å². The van der Waals surface area contributed by atoms with Gasteiger partial charge < -0.3 is 4.74 Å². The van der Waals surface area contributed by atoms with Gasteiger partial charge in [0, 0.05) is 35.3 Å². The van der Waals surface area contributed by atoms with Gasteiger partial charge in [-0.3, -0.25) is 4.98 Å². The number of hydrogen-bond acceptors (Lipinski definition) is 6. The number of nitrogens with zero attached hydrogens (tertiary/aromatic N) is 3. The van der Waals surface area contributed by atoms with E-state index in [0.717, 1.165) is 16.3 Å². The molecule has 2 aromatic carbocycles. The third-order valence-corrected chi connectivity index (χ3v) is 6.42. The summed E-state index contributed by atoms with van der Waals surface area (Å²) in [5, 5.41) is 10.2. The molecule has 4 rings (SSSR count). The van der Waals surface area contributed by atoms with Crippen molar-refractivity contribution in [3.63, 3.8) is 0 Å². The van der Waals surface area contributed by atoms with E-state index in [4.69, 9.17) is 4.74 Å². The molecule has 0 saturated carbocycles. The first kappa shape index (κ1) is 20.9. The fraction of sp³-hybridized carbons (Fsp3) is 0.174. The summed E-state index contributed by atoms with van der Waals surface area (Å²) >= 11 is 0. The molecule has 0 radical (unpaired) electrons. The predicted octanol–water partition coefficient (Wildman–Crippen LogP) is 3.88. The largest absolute Gasteiger partial charge is 0.476 e. The molecule has 0 aliphatic heterocycles. The van der Waals surface area contributed by atoms with Gasteiger partial charge in [-0.05, 0) is 43.2 Å². The lowest BCUT2D eigenvalue weighted by Gasteiger charge is -2.13. The van der Waals surface area contributed by atoms with Crippen molar-refractivity contribution in [3.8, 4) is 17.1 Å². The number of fused-ring (bicyclic) bond motifs is 1. The number of nitrogens with one attached hydrogen (secondary N) is 1. The van der Waals surface area contributed by atoms with Crippen molar-refractivity contribution in [1.29, 1.82) is 0 Å². The van der Waals surface area contributed by atoms with E-state index in [9.17, 15) is 8.42 Å². The fourth-order valence-corrected chi connectivity index (χ4v) is 4.62. The predicted molar refractivity (Wildman–Crippen MR) is 119 cm³/mol. The second-order valence-corrected chi connectivity index (χ2v) is 8.73.